The number of rotatable bonds is 3. The van der Waals surface area contributed by atoms with Crippen molar-refractivity contribution in [2.24, 2.45) is 0 Å². The highest BCUT2D eigenvalue weighted by Crippen LogP contribution is 2.23. The lowest BCUT2D eigenvalue weighted by Gasteiger charge is -2.16. The normalized spacial score (nSPS) is 9.87. The first-order valence-corrected chi connectivity index (χ1v) is 5.13. The molecule has 0 N–H and O–H groups in total. The van der Waals surface area contributed by atoms with E-state index in [1.807, 2.05) is 0 Å². The summed E-state index contributed by atoms with van der Waals surface area (Å²) in [6.07, 6.45) is 0. The molecule has 82 valence electrons. The molecule has 0 aliphatic heterocycles. The van der Waals surface area contributed by atoms with Gasteiger partial charge in [0.1, 0.15) is 5.75 Å². The molecule has 0 radical (unpaired) electrons. The molecule has 0 aliphatic rings. The van der Waals surface area contributed by atoms with Gasteiger partial charge < -0.3 is 9.64 Å². The van der Waals surface area contributed by atoms with Crippen LogP contribution in [0.2, 0.25) is 5.02 Å². The van der Waals surface area contributed by atoms with Crippen molar-refractivity contribution in [3.05, 3.63) is 28.8 Å². The topological polar surface area (TPSA) is 29.5 Å². The zero-order valence-corrected chi connectivity index (χ0v) is 10.2. The largest absolute Gasteiger partial charge is 0.496 e. The molecule has 1 rings (SSSR count). The lowest BCUT2D eigenvalue weighted by molar-refractivity contribution is 0.231. The summed E-state index contributed by atoms with van der Waals surface area (Å²) in [6, 6.07) is 5.29. The van der Waals surface area contributed by atoms with E-state index < -0.39 is 0 Å². The first kappa shape index (κ1) is 12.2. The van der Waals surface area contributed by atoms with Crippen LogP contribution in [0.4, 0.5) is 4.79 Å². The standard InChI is InChI=1S/C10H12ClNO2S/c1-12(10(13)15)6-7-5-8(11)3-4-9(7)14-2/h3-5H,6H2,1-2H3,(H,13,15). The van der Waals surface area contributed by atoms with Gasteiger partial charge in [0, 0.05) is 24.2 Å². The summed E-state index contributed by atoms with van der Waals surface area (Å²) in [5.74, 6) is 0.709. The minimum absolute atomic E-state index is 0.294. The van der Waals surface area contributed by atoms with E-state index >= 15 is 0 Å². The fourth-order valence-corrected chi connectivity index (χ4v) is 1.46. The second kappa shape index (κ2) is 5.28. The van der Waals surface area contributed by atoms with Gasteiger partial charge >= 0.3 is 0 Å². The van der Waals surface area contributed by atoms with Crippen molar-refractivity contribution in [2.45, 2.75) is 6.54 Å². The molecule has 0 saturated heterocycles. The monoisotopic (exact) mass is 245 g/mol. The number of benzene rings is 1. The third kappa shape index (κ3) is 3.32. The number of thiol groups is 1. The van der Waals surface area contributed by atoms with Crippen LogP contribution < -0.4 is 4.74 Å². The minimum Gasteiger partial charge on any atom is -0.496 e. The second-order valence-corrected chi connectivity index (χ2v) is 3.91. The number of ether oxygens (including phenoxy) is 1. The number of nitrogens with zero attached hydrogens (tertiary/aromatic N) is 1. The quantitative estimate of drug-likeness (QED) is 0.830. The zero-order valence-electron chi connectivity index (χ0n) is 8.53. The van der Waals surface area contributed by atoms with Crippen molar-refractivity contribution in [1.82, 2.24) is 4.90 Å². The Bertz CT molecular complexity index is 370. The highest BCUT2D eigenvalue weighted by atomic mass is 35.5. The van der Waals surface area contributed by atoms with Gasteiger partial charge in [-0.2, -0.15) is 0 Å². The van der Waals surface area contributed by atoms with Gasteiger partial charge in [-0.25, -0.2) is 0 Å². The third-order valence-corrected chi connectivity index (χ3v) is 2.55. The van der Waals surface area contributed by atoms with Crippen molar-refractivity contribution in [3.63, 3.8) is 0 Å². The van der Waals surface area contributed by atoms with Crippen LogP contribution in [-0.2, 0) is 6.54 Å². The fourth-order valence-electron chi connectivity index (χ4n) is 1.19. The SMILES string of the molecule is COc1ccc(Cl)cc1CN(C)C(=O)S. The summed E-state index contributed by atoms with van der Waals surface area (Å²) >= 11 is 9.58. The smallest absolute Gasteiger partial charge is 0.278 e. The second-order valence-electron chi connectivity index (χ2n) is 3.09. The molecule has 0 atom stereocenters. The molecule has 1 amide bonds. The van der Waals surface area contributed by atoms with Crippen LogP contribution in [0.1, 0.15) is 5.56 Å². The molecule has 0 fully saturated rings. The van der Waals surface area contributed by atoms with Gasteiger partial charge in [0.2, 0.25) is 0 Å². The first-order chi connectivity index (χ1) is 7.04. The van der Waals surface area contributed by atoms with Gasteiger partial charge in [0.25, 0.3) is 5.24 Å². The maximum atomic E-state index is 10.9. The van der Waals surface area contributed by atoms with Crippen LogP contribution in [0.15, 0.2) is 18.2 Å². The Labute approximate surface area is 99.4 Å². The maximum Gasteiger partial charge on any atom is 0.278 e. The Morgan fingerprint density at radius 1 is 1.60 bits per heavy atom. The Balaban J connectivity index is 2.91. The highest BCUT2D eigenvalue weighted by Gasteiger charge is 2.09. The van der Waals surface area contributed by atoms with Gasteiger partial charge in [-0.05, 0) is 18.2 Å². The summed E-state index contributed by atoms with van der Waals surface area (Å²) in [5, 5.41) is 0.322. The highest BCUT2D eigenvalue weighted by molar-refractivity contribution is 7.96. The Kier molecular flexibility index (Phi) is 4.29. The lowest BCUT2D eigenvalue weighted by atomic mass is 10.2. The maximum absolute atomic E-state index is 10.9. The molecule has 0 bridgehead atoms. The molecule has 0 heterocycles. The molecular weight excluding hydrogens is 234 g/mol. The summed E-state index contributed by atoms with van der Waals surface area (Å²) in [5.41, 5.74) is 0.856. The molecule has 15 heavy (non-hydrogen) atoms. The molecular formula is C10H12ClNO2S. The molecule has 1 aromatic carbocycles. The van der Waals surface area contributed by atoms with Gasteiger partial charge in [-0.15, -0.1) is 0 Å². The summed E-state index contributed by atoms with van der Waals surface area (Å²) in [6.45, 7) is 0.423. The van der Waals surface area contributed by atoms with Gasteiger partial charge in [0.15, 0.2) is 0 Å². The van der Waals surface area contributed by atoms with E-state index in [1.54, 1.807) is 32.4 Å². The fraction of sp³-hybridized carbons (Fsp3) is 0.300. The number of carbonyl (C=O) groups is 1. The Morgan fingerprint density at radius 3 is 2.80 bits per heavy atom. The van der Waals surface area contributed by atoms with Crippen molar-refractivity contribution in [1.29, 1.82) is 0 Å². The number of hydrogen-bond acceptors (Lipinski definition) is 2. The number of amides is 1. The van der Waals surface area contributed by atoms with Crippen LogP contribution in [0.3, 0.4) is 0 Å². The van der Waals surface area contributed by atoms with Crippen molar-refractivity contribution < 1.29 is 9.53 Å². The molecule has 1 aromatic rings. The number of halogens is 1. The number of hydrogen-bond donors (Lipinski definition) is 1. The van der Waals surface area contributed by atoms with Crippen molar-refractivity contribution in [3.8, 4) is 5.75 Å². The first-order valence-electron chi connectivity index (χ1n) is 4.31. The van der Waals surface area contributed by atoms with E-state index in [-0.39, 0.29) is 5.24 Å². The van der Waals surface area contributed by atoms with Gasteiger partial charge in [0.05, 0.1) is 7.11 Å². The molecule has 0 aliphatic carbocycles. The Hall–Kier alpha value is -0.870. The third-order valence-electron chi connectivity index (χ3n) is 1.98. The molecule has 0 unspecified atom stereocenters. The number of methoxy groups -OCH3 is 1. The average molecular weight is 246 g/mol. The predicted octanol–water partition coefficient (Wildman–Crippen LogP) is 2.83. The molecule has 5 heteroatoms. The van der Waals surface area contributed by atoms with E-state index in [4.69, 9.17) is 16.3 Å². The van der Waals surface area contributed by atoms with Crippen molar-refractivity contribution >= 4 is 29.5 Å². The Morgan fingerprint density at radius 2 is 2.27 bits per heavy atom. The molecule has 0 aromatic heterocycles. The molecule has 0 saturated carbocycles. The number of carbonyl (C=O) groups excluding carboxylic acids is 1. The van der Waals surface area contributed by atoms with Crippen LogP contribution in [0.25, 0.3) is 0 Å². The zero-order chi connectivity index (χ0) is 11.4. The van der Waals surface area contributed by atoms with Crippen LogP contribution in [0, 0.1) is 0 Å². The lowest BCUT2D eigenvalue weighted by Crippen LogP contribution is -2.20. The van der Waals surface area contributed by atoms with Crippen molar-refractivity contribution in [2.75, 3.05) is 14.2 Å². The summed E-state index contributed by atoms with van der Waals surface area (Å²) in [4.78, 5) is 12.4. The van der Waals surface area contributed by atoms with Crippen LogP contribution >= 0.6 is 24.2 Å². The van der Waals surface area contributed by atoms with E-state index in [1.165, 1.54) is 4.90 Å². The minimum atomic E-state index is -0.294. The van der Waals surface area contributed by atoms with Crippen LogP contribution in [-0.4, -0.2) is 24.3 Å². The molecule has 0 spiro atoms. The van der Waals surface area contributed by atoms with Crippen LogP contribution in [0.5, 0.6) is 5.75 Å². The van der Waals surface area contributed by atoms with E-state index in [9.17, 15) is 4.79 Å². The van der Waals surface area contributed by atoms with E-state index in [0.717, 1.165) is 5.56 Å². The van der Waals surface area contributed by atoms with E-state index in [0.29, 0.717) is 17.3 Å². The summed E-state index contributed by atoms with van der Waals surface area (Å²) < 4.78 is 5.16. The van der Waals surface area contributed by atoms with Gasteiger partial charge in [-0.3, -0.25) is 4.79 Å². The molecule has 3 nitrogen and oxygen atoms in total. The summed E-state index contributed by atoms with van der Waals surface area (Å²) in [7, 11) is 3.24. The predicted molar refractivity (Wildman–Crippen MR) is 63.9 cm³/mol. The average Bonchev–Trinajstić information content (AvgIpc) is 2.18. The van der Waals surface area contributed by atoms with E-state index in [2.05, 4.69) is 12.6 Å². The van der Waals surface area contributed by atoms with Gasteiger partial charge in [-0.1, -0.05) is 24.2 Å².